The molecule has 2 amide bonds. The van der Waals surface area contributed by atoms with Crippen LogP contribution in [0.15, 0.2) is 59.1 Å². The van der Waals surface area contributed by atoms with Crippen molar-refractivity contribution in [3.8, 4) is 11.1 Å². The molecule has 0 spiro atoms. The number of carboxylic acid groups (broad SMARTS) is 1. The van der Waals surface area contributed by atoms with Gasteiger partial charge in [0.05, 0.1) is 6.54 Å². The fourth-order valence-corrected chi connectivity index (χ4v) is 4.96. The van der Waals surface area contributed by atoms with E-state index in [0.717, 1.165) is 22.3 Å². The van der Waals surface area contributed by atoms with Crippen LogP contribution < -0.4 is 5.32 Å². The van der Waals surface area contributed by atoms with Crippen LogP contribution in [-0.4, -0.2) is 51.8 Å². The van der Waals surface area contributed by atoms with Gasteiger partial charge in [0.15, 0.2) is 11.5 Å². The van der Waals surface area contributed by atoms with Crippen LogP contribution in [0.1, 0.15) is 53.1 Å². The monoisotopic (exact) mass is 475 g/mol. The van der Waals surface area contributed by atoms with Crippen molar-refractivity contribution < 1.29 is 28.8 Å². The lowest BCUT2D eigenvalue weighted by Gasteiger charge is -2.30. The molecule has 1 saturated heterocycles. The van der Waals surface area contributed by atoms with Crippen LogP contribution in [-0.2, 0) is 16.1 Å². The molecule has 2 heterocycles. The van der Waals surface area contributed by atoms with E-state index in [1.807, 2.05) is 36.4 Å². The van der Waals surface area contributed by atoms with Crippen LogP contribution in [0.4, 0.5) is 4.79 Å². The largest absolute Gasteiger partial charge is 0.480 e. The molecule has 1 aliphatic heterocycles. The third kappa shape index (κ3) is 4.03. The van der Waals surface area contributed by atoms with Crippen LogP contribution in [0.2, 0.25) is 0 Å². The number of nitrogens with zero attached hydrogens (tertiary/aromatic N) is 2. The van der Waals surface area contributed by atoms with Crippen molar-refractivity contribution in [1.82, 2.24) is 15.4 Å². The van der Waals surface area contributed by atoms with Crippen molar-refractivity contribution in [2.75, 3.05) is 13.2 Å². The molecule has 1 atom stereocenters. The highest BCUT2D eigenvalue weighted by atomic mass is 16.5. The molecule has 180 valence electrons. The average molecular weight is 476 g/mol. The Morgan fingerprint density at radius 3 is 2.46 bits per heavy atom. The van der Waals surface area contributed by atoms with Crippen LogP contribution in [0.3, 0.4) is 0 Å². The number of rotatable bonds is 6. The summed E-state index contributed by atoms with van der Waals surface area (Å²) in [7, 11) is 0. The zero-order valence-corrected chi connectivity index (χ0v) is 19.2. The third-order valence-corrected chi connectivity index (χ3v) is 6.88. The van der Waals surface area contributed by atoms with Gasteiger partial charge in [-0.15, -0.1) is 0 Å². The van der Waals surface area contributed by atoms with Gasteiger partial charge in [0.2, 0.25) is 0 Å². The quantitative estimate of drug-likeness (QED) is 0.556. The first-order chi connectivity index (χ1) is 16.9. The number of hydrogen-bond donors (Lipinski definition) is 2. The van der Waals surface area contributed by atoms with Gasteiger partial charge in [-0.05, 0) is 42.0 Å². The number of fused-ring (bicyclic) bond motifs is 3. The minimum absolute atomic E-state index is 0.00344. The number of aliphatic carboxylic acids is 1. The molecule has 0 saturated carbocycles. The molecule has 2 N–H and O–H groups in total. The van der Waals surface area contributed by atoms with Gasteiger partial charge < -0.3 is 24.6 Å². The Labute approximate surface area is 201 Å². The van der Waals surface area contributed by atoms with Crippen LogP contribution >= 0.6 is 0 Å². The lowest BCUT2D eigenvalue weighted by Crippen LogP contribution is -2.50. The molecule has 9 heteroatoms. The maximum absolute atomic E-state index is 12.8. The van der Waals surface area contributed by atoms with Crippen LogP contribution in [0.25, 0.3) is 11.1 Å². The SMILES string of the molecule is CC1(C(=O)O)CCCN1C(=O)c1cc(CNC(=O)OCC2c3ccccc3-c3ccccc32)on1. The number of benzene rings is 2. The second-order valence-corrected chi connectivity index (χ2v) is 9.00. The van der Waals surface area contributed by atoms with E-state index in [2.05, 4.69) is 22.6 Å². The summed E-state index contributed by atoms with van der Waals surface area (Å²) in [6.07, 6.45) is 0.360. The van der Waals surface area contributed by atoms with Crippen molar-refractivity contribution >= 4 is 18.0 Å². The van der Waals surface area contributed by atoms with Gasteiger partial charge in [-0.1, -0.05) is 53.7 Å². The van der Waals surface area contributed by atoms with Gasteiger partial charge in [-0.25, -0.2) is 9.59 Å². The van der Waals surface area contributed by atoms with E-state index in [9.17, 15) is 19.5 Å². The molecule has 1 unspecified atom stereocenters. The number of carbonyl (C=O) groups excluding carboxylic acids is 2. The smallest absolute Gasteiger partial charge is 0.407 e. The first-order valence-electron chi connectivity index (χ1n) is 11.5. The first-order valence-corrected chi connectivity index (χ1v) is 11.5. The highest BCUT2D eigenvalue weighted by Crippen LogP contribution is 2.44. The zero-order chi connectivity index (χ0) is 24.6. The van der Waals surface area contributed by atoms with Gasteiger partial charge in [0.1, 0.15) is 12.1 Å². The highest BCUT2D eigenvalue weighted by molar-refractivity contribution is 5.96. The number of carboxylic acids is 1. The van der Waals surface area contributed by atoms with Crippen molar-refractivity contribution in [2.24, 2.45) is 0 Å². The molecule has 5 rings (SSSR count). The normalized spacial score (nSPS) is 18.7. The molecule has 0 bridgehead atoms. The highest BCUT2D eigenvalue weighted by Gasteiger charge is 2.46. The molecule has 3 aromatic rings. The first kappa shape index (κ1) is 22.6. The maximum Gasteiger partial charge on any atom is 0.407 e. The minimum Gasteiger partial charge on any atom is -0.480 e. The van der Waals surface area contributed by atoms with E-state index < -0.39 is 23.5 Å². The number of ether oxygens (including phenoxy) is 1. The second kappa shape index (κ2) is 8.90. The van der Waals surface area contributed by atoms with Crippen LogP contribution in [0.5, 0.6) is 0 Å². The number of nitrogens with one attached hydrogen (secondary N) is 1. The van der Waals surface area contributed by atoms with Crippen molar-refractivity contribution in [1.29, 1.82) is 0 Å². The minimum atomic E-state index is -1.27. The van der Waals surface area contributed by atoms with E-state index in [0.29, 0.717) is 19.4 Å². The van der Waals surface area contributed by atoms with E-state index in [1.54, 1.807) is 0 Å². The second-order valence-electron chi connectivity index (χ2n) is 9.00. The third-order valence-electron chi connectivity index (χ3n) is 6.88. The molecule has 1 aromatic heterocycles. The van der Waals surface area contributed by atoms with E-state index >= 15 is 0 Å². The molecule has 2 aliphatic rings. The number of amides is 2. The fourth-order valence-electron chi connectivity index (χ4n) is 4.96. The Morgan fingerprint density at radius 1 is 1.14 bits per heavy atom. The van der Waals surface area contributed by atoms with Crippen molar-refractivity contribution in [3.63, 3.8) is 0 Å². The van der Waals surface area contributed by atoms with E-state index in [-0.39, 0.29) is 30.5 Å². The molecule has 1 aliphatic carbocycles. The Hall–Kier alpha value is -4.14. The summed E-state index contributed by atoms with van der Waals surface area (Å²) < 4.78 is 10.7. The number of likely N-dealkylation sites (tertiary alicyclic amines) is 1. The summed E-state index contributed by atoms with van der Waals surface area (Å²) in [5.74, 6) is -1.35. The van der Waals surface area contributed by atoms with Crippen molar-refractivity contribution in [3.05, 3.63) is 77.2 Å². The Morgan fingerprint density at radius 2 is 1.80 bits per heavy atom. The van der Waals surface area contributed by atoms with Gasteiger partial charge in [-0.2, -0.15) is 0 Å². The standard InChI is InChI=1S/C26H25N3O6/c1-26(24(31)32)11-6-12-29(26)23(30)22-13-16(35-28-22)14-27-25(33)34-15-21-19-9-4-2-7-17(19)18-8-3-5-10-20(18)21/h2-5,7-10,13,21H,6,11-12,14-15H2,1H3,(H,27,33)(H,31,32). The molecule has 35 heavy (non-hydrogen) atoms. The molecule has 1 fully saturated rings. The Kier molecular flexibility index (Phi) is 5.76. The van der Waals surface area contributed by atoms with Crippen LogP contribution in [0, 0.1) is 0 Å². The predicted molar refractivity (Wildman–Crippen MR) is 125 cm³/mol. The maximum atomic E-state index is 12.8. The van der Waals surface area contributed by atoms with Gasteiger partial charge in [-0.3, -0.25) is 4.79 Å². The molecule has 0 radical (unpaired) electrons. The molecular formula is C26H25N3O6. The summed E-state index contributed by atoms with van der Waals surface area (Å²) in [5, 5.41) is 15.9. The lowest BCUT2D eigenvalue weighted by molar-refractivity contribution is -0.147. The number of carbonyl (C=O) groups is 3. The van der Waals surface area contributed by atoms with Gasteiger partial charge in [0, 0.05) is 18.5 Å². The summed E-state index contributed by atoms with van der Waals surface area (Å²) in [4.78, 5) is 38.1. The lowest BCUT2D eigenvalue weighted by atomic mass is 9.98. The van der Waals surface area contributed by atoms with Gasteiger partial charge in [0.25, 0.3) is 5.91 Å². The summed E-state index contributed by atoms with van der Waals surface area (Å²) >= 11 is 0. The topological polar surface area (TPSA) is 122 Å². The van der Waals surface area contributed by atoms with E-state index in [1.165, 1.54) is 17.9 Å². The molecule has 9 nitrogen and oxygen atoms in total. The van der Waals surface area contributed by atoms with Crippen molar-refractivity contribution in [2.45, 2.75) is 37.8 Å². The number of alkyl carbamates (subject to hydrolysis) is 1. The summed E-state index contributed by atoms with van der Waals surface area (Å²) in [5.41, 5.74) is 3.27. The van der Waals surface area contributed by atoms with E-state index in [4.69, 9.17) is 9.26 Å². The summed E-state index contributed by atoms with van der Waals surface area (Å²) in [6.45, 7) is 2.03. The number of hydrogen-bond acceptors (Lipinski definition) is 6. The molecule has 2 aromatic carbocycles. The Bertz CT molecular complexity index is 1260. The summed E-state index contributed by atoms with van der Waals surface area (Å²) in [6, 6.07) is 17.6. The zero-order valence-electron chi connectivity index (χ0n) is 19.2. The number of aromatic nitrogens is 1. The molecular weight excluding hydrogens is 450 g/mol. The predicted octanol–water partition coefficient (Wildman–Crippen LogP) is 3.79. The fraction of sp³-hybridized carbons (Fsp3) is 0.308. The van der Waals surface area contributed by atoms with Gasteiger partial charge >= 0.3 is 12.1 Å². The Balaban J connectivity index is 1.18. The average Bonchev–Trinajstić information content (AvgIpc) is 3.57.